The van der Waals surface area contributed by atoms with Gasteiger partial charge in [-0.2, -0.15) is 13.2 Å². The van der Waals surface area contributed by atoms with Crippen molar-refractivity contribution in [2.75, 3.05) is 7.05 Å². The van der Waals surface area contributed by atoms with Gasteiger partial charge in [0.25, 0.3) is 0 Å². The van der Waals surface area contributed by atoms with Crippen molar-refractivity contribution in [2.45, 2.75) is 56.5 Å². The Morgan fingerprint density at radius 3 is 2.32 bits per heavy atom. The molecule has 1 N–H and O–H groups in total. The summed E-state index contributed by atoms with van der Waals surface area (Å²) < 4.78 is 39.0. The van der Waals surface area contributed by atoms with E-state index in [0.29, 0.717) is 6.10 Å². The summed E-state index contributed by atoms with van der Waals surface area (Å²) in [6.45, 7) is 0. The van der Waals surface area contributed by atoms with Crippen molar-refractivity contribution in [3.05, 3.63) is 28.7 Å². The Labute approximate surface area is 153 Å². The van der Waals surface area contributed by atoms with Gasteiger partial charge in [0.05, 0.1) is 0 Å². The van der Waals surface area contributed by atoms with E-state index in [9.17, 15) is 13.2 Å². The van der Waals surface area contributed by atoms with Gasteiger partial charge < -0.3 is 14.7 Å². The Balaban J connectivity index is 0.000000277. The number of nitrogens with zero attached hydrogens (tertiary/aromatic N) is 1. The summed E-state index contributed by atoms with van der Waals surface area (Å²) in [5.41, 5.74) is 0. The Morgan fingerprint density at radius 1 is 1.28 bits per heavy atom. The molecule has 3 rings (SSSR count). The molecule has 0 amide bonds. The van der Waals surface area contributed by atoms with Gasteiger partial charge in [0, 0.05) is 16.6 Å². The molecule has 4 nitrogen and oxygen atoms in total. The zero-order valence-corrected chi connectivity index (χ0v) is 15.4. The second-order valence-electron chi connectivity index (χ2n) is 6.38. The topological polar surface area (TPSA) is 49.8 Å². The molecular weight excluding hydrogens is 403 g/mol. The smallest absolute Gasteiger partial charge is 0.490 e. The van der Waals surface area contributed by atoms with Gasteiger partial charge >= 0.3 is 12.1 Å². The van der Waals surface area contributed by atoms with Crippen LogP contribution in [0.25, 0.3) is 0 Å². The maximum absolute atomic E-state index is 10.6. The minimum absolute atomic E-state index is 0.394. The van der Waals surface area contributed by atoms with Gasteiger partial charge in [-0.3, -0.25) is 0 Å². The van der Waals surface area contributed by atoms with E-state index in [2.05, 4.69) is 40.0 Å². The molecule has 0 aromatic heterocycles. The second-order valence-corrected chi connectivity index (χ2v) is 7.29. The fourth-order valence-electron chi connectivity index (χ4n) is 3.39. The first-order valence-corrected chi connectivity index (χ1v) is 8.90. The van der Waals surface area contributed by atoms with Crippen molar-refractivity contribution < 1.29 is 27.8 Å². The van der Waals surface area contributed by atoms with E-state index in [1.807, 2.05) is 12.1 Å². The van der Waals surface area contributed by atoms with Crippen molar-refractivity contribution in [2.24, 2.45) is 0 Å². The normalized spacial score (nSPS) is 26.4. The number of alkyl halides is 3. The highest BCUT2D eigenvalue weighted by Crippen LogP contribution is 2.34. The molecule has 2 heterocycles. The SMILES string of the molecule is CN1[C@@H]2CCC[C@H]1C[C@@H](Oc1cccc(Br)c1)C2.O=C(O)C(F)(F)F. The number of rotatable bonds is 2. The number of carboxylic acids is 1. The van der Waals surface area contributed by atoms with Crippen molar-refractivity contribution in [1.29, 1.82) is 0 Å². The van der Waals surface area contributed by atoms with Gasteiger partial charge in [-0.15, -0.1) is 0 Å². The van der Waals surface area contributed by atoms with E-state index in [1.54, 1.807) is 0 Å². The summed E-state index contributed by atoms with van der Waals surface area (Å²) in [6.07, 6.45) is 1.74. The fraction of sp³-hybridized carbons (Fsp3) is 0.588. The molecule has 0 saturated carbocycles. The maximum Gasteiger partial charge on any atom is 0.490 e. The van der Waals surface area contributed by atoms with E-state index in [0.717, 1.165) is 22.3 Å². The average Bonchev–Trinajstić information content (AvgIpc) is 2.48. The molecule has 0 radical (unpaired) electrons. The van der Waals surface area contributed by atoms with E-state index < -0.39 is 12.1 Å². The Bertz CT molecular complexity index is 583. The Morgan fingerprint density at radius 2 is 1.84 bits per heavy atom. The van der Waals surface area contributed by atoms with Crippen LogP contribution in [0.5, 0.6) is 5.75 Å². The van der Waals surface area contributed by atoms with Crippen LogP contribution in [0.3, 0.4) is 0 Å². The highest BCUT2D eigenvalue weighted by atomic mass is 79.9. The number of hydrogen-bond donors (Lipinski definition) is 1. The van der Waals surface area contributed by atoms with Crippen LogP contribution in [0.1, 0.15) is 32.1 Å². The van der Waals surface area contributed by atoms with Crippen LogP contribution in [0.15, 0.2) is 28.7 Å². The van der Waals surface area contributed by atoms with Gasteiger partial charge in [-0.25, -0.2) is 4.79 Å². The number of piperidine rings is 2. The highest BCUT2D eigenvalue weighted by molar-refractivity contribution is 9.10. The third kappa shape index (κ3) is 5.88. The first-order valence-electron chi connectivity index (χ1n) is 8.11. The Hall–Kier alpha value is -1.28. The minimum Gasteiger partial charge on any atom is -0.490 e. The molecule has 0 aliphatic carbocycles. The second kappa shape index (κ2) is 8.40. The monoisotopic (exact) mass is 423 g/mol. The van der Waals surface area contributed by atoms with Crippen LogP contribution in [-0.2, 0) is 4.79 Å². The van der Waals surface area contributed by atoms with Gasteiger partial charge in [-0.05, 0) is 50.9 Å². The lowest BCUT2D eigenvalue weighted by Gasteiger charge is -2.46. The number of benzene rings is 1. The molecule has 2 saturated heterocycles. The van der Waals surface area contributed by atoms with Gasteiger partial charge in [0.1, 0.15) is 11.9 Å². The summed E-state index contributed by atoms with van der Waals surface area (Å²) in [4.78, 5) is 11.5. The molecular formula is C17H21BrF3NO3. The predicted molar refractivity (Wildman–Crippen MR) is 90.7 cm³/mol. The summed E-state index contributed by atoms with van der Waals surface area (Å²) in [5, 5.41) is 7.12. The van der Waals surface area contributed by atoms with E-state index in [-0.39, 0.29) is 0 Å². The lowest BCUT2D eigenvalue weighted by molar-refractivity contribution is -0.192. The summed E-state index contributed by atoms with van der Waals surface area (Å²) >= 11 is 3.50. The summed E-state index contributed by atoms with van der Waals surface area (Å²) in [5.74, 6) is -1.76. The standard InChI is InChI=1S/C15H20BrNO.C2HF3O2/c1-17-12-5-3-6-13(17)10-15(9-12)18-14-7-2-4-11(16)8-14;3-2(4,5)1(6)7/h2,4,7-8,12-13,15H,3,5-6,9-10H2,1H3;(H,6,7)/t12-,13+,15+;. The molecule has 1 aromatic rings. The molecule has 2 aliphatic rings. The number of carboxylic acid groups (broad SMARTS) is 1. The molecule has 140 valence electrons. The van der Waals surface area contributed by atoms with Gasteiger partial charge in [0.2, 0.25) is 0 Å². The first-order chi connectivity index (χ1) is 11.7. The van der Waals surface area contributed by atoms with Crippen LogP contribution < -0.4 is 4.74 Å². The lowest BCUT2D eigenvalue weighted by Crippen LogP contribution is -2.52. The highest BCUT2D eigenvalue weighted by Gasteiger charge is 2.38. The van der Waals surface area contributed by atoms with Gasteiger partial charge in [0.15, 0.2) is 0 Å². The molecule has 25 heavy (non-hydrogen) atoms. The molecule has 0 spiro atoms. The van der Waals surface area contributed by atoms with Crippen LogP contribution >= 0.6 is 15.9 Å². The number of carbonyl (C=O) groups is 1. The molecule has 1 aromatic carbocycles. The zero-order chi connectivity index (χ0) is 18.6. The predicted octanol–water partition coefficient (Wildman–Crippen LogP) is 4.48. The van der Waals surface area contributed by atoms with Crippen molar-refractivity contribution in [3.63, 3.8) is 0 Å². The maximum atomic E-state index is 10.6. The van der Waals surface area contributed by atoms with Crippen LogP contribution in [-0.4, -0.2) is 47.4 Å². The zero-order valence-electron chi connectivity index (χ0n) is 13.8. The molecule has 8 heteroatoms. The molecule has 2 bridgehead atoms. The number of aliphatic carboxylic acids is 1. The number of halogens is 4. The van der Waals surface area contributed by atoms with E-state index in [4.69, 9.17) is 14.6 Å². The van der Waals surface area contributed by atoms with Crippen molar-refractivity contribution in [1.82, 2.24) is 4.90 Å². The molecule has 2 aliphatic heterocycles. The molecule has 2 fully saturated rings. The van der Waals surface area contributed by atoms with Gasteiger partial charge in [-0.1, -0.05) is 28.4 Å². The number of ether oxygens (including phenoxy) is 1. The largest absolute Gasteiger partial charge is 0.490 e. The van der Waals surface area contributed by atoms with Crippen LogP contribution in [0, 0.1) is 0 Å². The summed E-state index contributed by atoms with van der Waals surface area (Å²) in [7, 11) is 2.28. The van der Waals surface area contributed by atoms with Crippen molar-refractivity contribution >= 4 is 21.9 Å². The van der Waals surface area contributed by atoms with E-state index >= 15 is 0 Å². The third-order valence-corrected chi connectivity index (χ3v) is 5.13. The van der Waals surface area contributed by atoms with Crippen molar-refractivity contribution in [3.8, 4) is 5.75 Å². The van der Waals surface area contributed by atoms with E-state index in [1.165, 1.54) is 32.1 Å². The lowest BCUT2D eigenvalue weighted by atomic mass is 9.83. The number of hydrogen-bond acceptors (Lipinski definition) is 3. The Kier molecular flexibility index (Phi) is 6.73. The molecule has 3 atom stereocenters. The van der Waals surface area contributed by atoms with Crippen LogP contribution in [0.4, 0.5) is 13.2 Å². The molecule has 0 unspecified atom stereocenters. The summed E-state index contributed by atoms with van der Waals surface area (Å²) in [6, 6.07) is 9.66. The quantitative estimate of drug-likeness (QED) is 0.761. The first kappa shape index (κ1) is 20.0. The van der Waals surface area contributed by atoms with Crippen LogP contribution in [0.2, 0.25) is 0 Å². The fourth-order valence-corrected chi connectivity index (χ4v) is 3.77. The minimum atomic E-state index is -5.08. The third-order valence-electron chi connectivity index (χ3n) is 4.64. The number of fused-ring (bicyclic) bond motifs is 2. The average molecular weight is 424 g/mol.